The van der Waals surface area contributed by atoms with E-state index in [0.717, 1.165) is 56.3 Å². The molecule has 0 saturated heterocycles. The maximum atomic E-state index is 12.2. The van der Waals surface area contributed by atoms with Gasteiger partial charge in [0.05, 0.1) is 21.3 Å². The van der Waals surface area contributed by atoms with Crippen molar-refractivity contribution < 1.29 is 19.3 Å². The molecule has 6 heteroatoms. The molecule has 0 fully saturated rings. The lowest BCUT2D eigenvalue weighted by atomic mass is 9.84. The molecule has 0 saturated carbocycles. The third-order valence-corrected chi connectivity index (χ3v) is 8.31. The van der Waals surface area contributed by atoms with Crippen molar-refractivity contribution in [2.24, 2.45) is 0 Å². The Morgan fingerprint density at radius 2 is 0.872 bits per heavy atom. The van der Waals surface area contributed by atoms with E-state index in [-0.39, 0.29) is 0 Å². The molecule has 6 rings (SSSR count). The van der Waals surface area contributed by atoms with Crippen molar-refractivity contribution in [3.8, 4) is 56.7 Å². The van der Waals surface area contributed by atoms with Gasteiger partial charge >= 0.3 is 0 Å². The van der Waals surface area contributed by atoms with Gasteiger partial charge in [0.1, 0.15) is 23.3 Å². The molecular formula is C41H34N2O4. The van der Waals surface area contributed by atoms with E-state index in [9.17, 15) is 10.4 Å². The van der Waals surface area contributed by atoms with E-state index in [4.69, 9.17) is 14.2 Å². The topological polar surface area (TPSA) is 83.7 Å². The van der Waals surface area contributed by atoms with Gasteiger partial charge in [0.15, 0.2) is 0 Å². The molecule has 0 aromatic heterocycles. The van der Waals surface area contributed by atoms with Crippen LogP contribution in [0.15, 0.2) is 140 Å². The summed E-state index contributed by atoms with van der Waals surface area (Å²) >= 11 is 0. The summed E-state index contributed by atoms with van der Waals surface area (Å²) in [5.74, 6) is 2.32. The van der Waals surface area contributed by atoms with E-state index in [1.54, 1.807) is 33.5 Å². The molecule has 0 radical (unpaired) electrons. The molecule has 0 aliphatic rings. The van der Waals surface area contributed by atoms with Crippen molar-refractivity contribution in [2.45, 2.75) is 5.60 Å². The fourth-order valence-corrected chi connectivity index (χ4v) is 5.57. The Bertz CT molecular complexity index is 2000. The highest BCUT2D eigenvalue weighted by atomic mass is 16.5. The van der Waals surface area contributed by atoms with E-state index < -0.39 is 5.60 Å². The number of nitrogens with zero attached hydrogens (tertiary/aromatic N) is 1. The Labute approximate surface area is 275 Å². The third-order valence-electron chi connectivity index (χ3n) is 8.31. The van der Waals surface area contributed by atoms with Crippen LogP contribution in [0, 0.1) is 11.3 Å². The molecule has 2 N–H and O–H groups in total. The van der Waals surface area contributed by atoms with E-state index in [0.29, 0.717) is 16.8 Å². The Kier molecular flexibility index (Phi) is 8.92. The summed E-state index contributed by atoms with van der Waals surface area (Å²) in [5, 5.41) is 26.2. The van der Waals surface area contributed by atoms with Crippen molar-refractivity contribution in [3.63, 3.8) is 0 Å². The van der Waals surface area contributed by atoms with E-state index >= 15 is 0 Å². The fourth-order valence-electron chi connectivity index (χ4n) is 5.57. The third kappa shape index (κ3) is 6.53. The van der Waals surface area contributed by atoms with Gasteiger partial charge < -0.3 is 24.6 Å². The Morgan fingerprint density at radius 3 is 1.28 bits per heavy atom. The van der Waals surface area contributed by atoms with Gasteiger partial charge in [0, 0.05) is 22.5 Å². The lowest BCUT2D eigenvalue weighted by Crippen LogP contribution is -2.26. The predicted octanol–water partition coefficient (Wildman–Crippen LogP) is 9.22. The number of aliphatic hydroxyl groups is 1. The Morgan fingerprint density at radius 1 is 0.511 bits per heavy atom. The second-order valence-electron chi connectivity index (χ2n) is 11.0. The molecule has 0 bridgehead atoms. The number of anilines is 2. The van der Waals surface area contributed by atoms with Crippen LogP contribution in [0.1, 0.15) is 11.1 Å². The summed E-state index contributed by atoms with van der Waals surface area (Å²) in [4.78, 5) is 0. The molecule has 0 aliphatic carbocycles. The van der Waals surface area contributed by atoms with Crippen molar-refractivity contribution in [3.05, 3.63) is 151 Å². The summed E-state index contributed by atoms with van der Waals surface area (Å²) in [6.45, 7) is 0. The van der Waals surface area contributed by atoms with Gasteiger partial charge in [-0.25, -0.2) is 0 Å². The van der Waals surface area contributed by atoms with Gasteiger partial charge in [-0.2, -0.15) is 5.26 Å². The van der Waals surface area contributed by atoms with Gasteiger partial charge in [-0.05, 0) is 94.0 Å². The predicted molar refractivity (Wildman–Crippen MR) is 187 cm³/mol. The zero-order valence-corrected chi connectivity index (χ0v) is 26.4. The number of benzene rings is 6. The van der Waals surface area contributed by atoms with Crippen molar-refractivity contribution in [1.82, 2.24) is 0 Å². The number of nitrogens with one attached hydrogen (secondary N) is 1. The first-order valence-electron chi connectivity index (χ1n) is 15.1. The summed E-state index contributed by atoms with van der Waals surface area (Å²) < 4.78 is 15.9. The van der Waals surface area contributed by atoms with Gasteiger partial charge in [0.25, 0.3) is 0 Å². The maximum absolute atomic E-state index is 12.2. The second-order valence-corrected chi connectivity index (χ2v) is 11.0. The van der Waals surface area contributed by atoms with Crippen molar-refractivity contribution in [1.29, 1.82) is 5.26 Å². The van der Waals surface area contributed by atoms with E-state index in [1.165, 1.54) is 0 Å². The van der Waals surface area contributed by atoms with Crippen molar-refractivity contribution in [2.75, 3.05) is 26.6 Å². The van der Waals surface area contributed by atoms with E-state index in [1.807, 2.05) is 127 Å². The number of methoxy groups -OCH3 is 3. The molecular weight excluding hydrogens is 584 g/mol. The molecule has 6 aromatic rings. The largest absolute Gasteiger partial charge is 0.497 e. The van der Waals surface area contributed by atoms with Crippen LogP contribution in [0.4, 0.5) is 11.4 Å². The quantitative estimate of drug-likeness (QED) is 0.149. The molecule has 1 unspecified atom stereocenters. The molecule has 1 atom stereocenters. The van der Waals surface area contributed by atoms with Gasteiger partial charge in [-0.3, -0.25) is 0 Å². The molecule has 0 amide bonds. The molecule has 6 nitrogen and oxygen atoms in total. The molecule has 6 aromatic carbocycles. The molecule has 0 heterocycles. The summed E-state index contributed by atoms with van der Waals surface area (Å²) in [5.41, 5.74) is 6.23. The monoisotopic (exact) mass is 618 g/mol. The van der Waals surface area contributed by atoms with Crippen molar-refractivity contribution >= 4 is 11.4 Å². The zero-order chi connectivity index (χ0) is 32.8. The van der Waals surface area contributed by atoms with Crippen LogP contribution in [-0.4, -0.2) is 26.4 Å². The average molecular weight is 619 g/mol. The Balaban J connectivity index is 1.37. The molecule has 47 heavy (non-hydrogen) atoms. The lowest BCUT2D eigenvalue weighted by Gasteiger charge is -2.26. The van der Waals surface area contributed by atoms with Gasteiger partial charge in [0.2, 0.25) is 5.60 Å². The number of ether oxygens (including phenoxy) is 3. The number of rotatable bonds is 10. The highest BCUT2D eigenvalue weighted by Gasteiger charge is 2.35. The number of hydrogen-bond acceptors (Lipinski definition) is 6. The normalized spacial score (nSPS) is 12.0. The van der Waals surface area contributed by atoms with Crippen LogP contribution in [0.3, 0.4) is 0 Å². The summed E-state index contributed by atoms with van der Waals surface area (Å²) in [6, 6.07) is 46.8. The van der Waals surface area contributed by atoms with Crippen LogP contribution in [-0.2, 0) is 5.60 Å². The van der Waals surface area contributed by atoms with Crippen LogP contribution >= 0.6 is 0 Å². The maximum Gasteiger partial charge on any atom is 0.204 e. The minimum atomic E-state index is -1.95. The fraction of sp³-hybridized carbons (Fsp3) is 0.0976. The van der Waals surface area contributed by atoms with Crippen LogP contribution in [0.25, 0.3) is 33.4 Å². The molecule has 0 aliphatic heterocycles. The minimum Gasteiger partial charge on any atom is -0.497 e. The molecule has 0 spiro atoms. The SMILES string of the molecule is COc1ccc(-c2ccc(Nc3ccc(-c4ccc(OC)cc4)cc3C(O)(C#N)c3ccc(-c4ccc(OC)cc4)cc3)cc2)cc1. The van der Waals surface area contributed by atoms with Crippen LogP contribution in [0.2, 0.25) is 0 Å². The minimum absolute atomic E-state index is 0.435. The van der Waals surface area contributed by atoms with Crippen LogP contribution < -0.4 is 19.5 Å². The number of nitriles is 1. The first-order valence-corrected chi connectivity index (χ1v) is 15.1. The number of hydrogen-bond donors (Lipinski definition) is 2. The summed E-state index contributed by atoms with van der Waals surface area (Å²) in [7, 11) is 4.92. The highest BCUT2D eigenvalue weighted by Crippen LogP contribution is 2.39. The van der Waals surface area contributed by atoms with E-state index in [2.05, 4.69) is 11.4 Å². The second kappa shape index (κ2) is 13.5. The first kappa shape index (κ1) is 31.0. The smallest absolute Gasteiger partial charge is 0.204 e. The van der Waals surface area contributed by atoms with Gasteiger partial charge in [-0.1, -0.05) is 78.9 Å². The summed E-state index contributed by atoms with van der Waals surface area (Å²) in [6.07, 6.45) is 0. The zero-order valence-electron chi connectivity index (χ0n) is 26.4. The first-order chi connectivity index (χ1) is 22.9. The average Bonchev–Trinajstić information content (AvgIpc) is 3.15. The highest BCUT2D eigenvalue weighted by molar-refractivity contribution is 5.76. The Hall–Kier alpha value is -6.03. The van der Waals surface area contributed by atoms with Gasteiger partial charge in [-0.15, -0.1) is 0 Å². The molecule has 232 valence electrons. The van der Waals surface area contributed by atoms with Crippen LogP contribution in [0.5, 0.6) is 17.2 Å². The standard InChI is InChI=1S/C41H34N2O4/c1-45-36-19-8-30(9-20-36)28-4-15-34(16-5-28)41(44,27-42)39-26-33(32-12-23-38(47-3)24-13-32)14-25-40(39)43-35-17-6-29(7-18-35)31-10-21-37(46-2)22-11-31/h4-26,43-44H,1-3H3. The lowest BCUT2D eigenvalue weighted by molar-refractivity contribution is 0.143.